The molecule has 16 heavy (non-hydrogen) atoms. The number of piperidine rings is 1. The molecule has 2 atom stereocenters. The summed E-state index contributed by atoms with van der Waals surface area (Å²) in [6, 6.07) is 8.77. The van der Waals surface area contributed by atoms with Gasteiger partial charge in [0.25, 0.3) is 0 Å². The van der Waals surface area contributed by atoms with Crippen molar-refractivity contribution in [3.05, 3.63) is 34.3 Å². The lowest BCUT2D eigenvalue weighted by molar-refractivity contribution is 0.144. The Hall–Kier alpha value is -0.340. The predicted octanol–water partition coefficient (Wildman–Crippen LogP) is 3.63. The topological polar surface area (TPSA) is 12.0 Å². The summed E-state index contributed by atoms with van der Waals surface area (Å²) in [5.41, 5.74) is 1.92. The summed E-state index contributed by atoms with van der Waals surface area (Å²) in [5.74, 6) is 0.755. The molecule has 88 valence electrons. The second-order valence-electron chi connectivity index (χ2n) is 5.31. The van der Waals surface area contributed by atoms with Crippen molar-refractivity contribution in [3.8, 4) is 0 Å². The van der Waals surface area contributed by atoms with Crippen LogP contribution in [0.1, 0.15) is 25.8 Å². The van der Waals surface area contributed by atoms with Crippen molar-refractivity contribution in [2.75, 3.05) is 13.1 Å². The van der Waals surface area contributed by atoms with Gasteiger partial charge < -0.3 is 5.32 Å². The Balaban J connectivity index is 2.10. The number of halogens is 1. The van der Waals surface area contributed by atoms with Crippen molar-refractivity contribution in [2.45, 2.75) is 26.7 Å². The highest BCUT2D eigenvalue weighted by molar-refractivity contribution is 9.10. The summed E-state index contributed by atoms with van der Waals surface area (Å²) in [6.07, 6.45) is 2.48. The molecule has 1 fully saturated rings. The van der Waals surface area contributed by atoms with Crippen LogP contribution in [0.3, 0.4) is 0 Å². The van der Waals surface area contributed by atoms with Gasteiger partial charge in [0.1, 0.15) is 0 Å². The standard InChI is InChI=1S/C14H20BrN/c1-11-10-16-8-7-14(11,2)9-12-3-5-13(15)6-4-12/h3-6,11,16H,7-10H2,1-2H3. The zero-order valence-corrected chi connectivity index (χ0v) is 11.7. The van der Waals surface area contributed by atoms with Crippen LogP contribution in [0.4, 0.5) is 0 Å². The van der Waals surface area contributed by atoms with E-state index in [0.29, 0.717) is 5.41 Å². The number of benzene rings is 1. The van der Waals surface area contributed by atoms with Crippen molar-refractivity contribution >= 4 is 15.9 Å². The van der Waals surface area contributed by atoms with E-state index in [1.165, 1.54) is 22.9 Å². The largest absolute Gasteiger partial charge is 0.316 e. The second kappa shape index (κ2) is 4.89. The zero-order chi connectivity index (χ0) is 11.6. The third-order valence-electron chi connectivity index (χ3n) is 4.03. The molecule has 1 aromatic rings. The van der Waals surface area contributed by atoms with Crippen LogP contribution in [0, 0.1) is 11.3 Å². The van der Waals surface area contributed by atoms with Gasteiger partial charge in [-0.05, 0) is 55.0 Å². The minimum Gasteiger partial charge on any atom is -0.316 e. The van der Waals surface area contributed by atoms with E-state index >= 15 is 0 Å². The maximum atomic E-state index is 3.49. The van der Waals surface area contributed by atoms with Crippen molar-refractivity contribution in [2.24, 2.45) is 11.3 Å². The Kier molecular flexibility index (Phi) is 3.70. The van der Waals surface area contributed by atoms with Crippen molar-refractivity contribution in [1.82, 2.24) is 5.32 Å². The zero-order valence-electron chi connectivity index (χ0n) is 10.1. The fraction of sp³-hybridized carbons (Fsp3) is 0.571. The lowest BCUT2D eigenvalue weighted by atomic mass is 9.69. The summed E-state index contributed by atoms with van der Waals surface area (Å²) in [7, 11) is 0. The molecule has 1 heterocycles. The molecule has 1 saturated heterocycles. The Labute approximate surface area is 107 Å². The van der Waals surface area contributed by atoms with E-state index in [2.05, 4.69) is 59.4 Å². The summed E-state index contributed by atoms with van der Waals surface area (Å²) >= 11 is 3.49. The molecule has 0 saturated carbocycles. The van der Waals surface area contributed by atoms with E-state index in [-0.39, 0.29) is 0 Å². The molecule has 0 aliphatic carbocycles. The molecule has 1 aromatic carbocycles. The average molecular weight is 282 g/mol. The van der Waals surface area contributed by atoms with E-state index in [1.807, 2.05) is 0 Å². The maximum absolute atomic E-state index is 3.49. The molecule has 0 spiro atoms. The summed E-state index contributed by atoms with van der Waals surface area (Å²) in [5, 5.41) is 3.48. The van der Waals surface area contributed by atoms with E-state index in [4.69, 9.17) is 0 Å². The average Bonchev–Trinajstić information content (AvgIpc) is 2.26. The van der Waals surface area contributed by atoms with Crippen LogP contribution in [0.15, 0.2) is 28.7 Å². The third kappa shape index (κ3) is 2.67. The summed E-state index contributed by atoms with van der Waals surface area (Å²) < 4.78 is 1.17. The van der Waals surface area contributed by atoms with Gasteiger partial charge in [-0.2, -0.15) is 0 Å². The molecular weight excluding hydrogens is 262 g/mol. The first kappa shape index (κ1) is 12.1. The van der Waals surface area contributed by atoms with E-state index in [9.17, 15) is 0 Å². The second-order valence-corrected chi connectivity index (χ2v) is 6.23. The number of nitrogens with one attached hydrogen (secondary N) is 1. The lowest BCUT2D eigenvalue weighted by Crippen LogP contribution is -2.43. The molecule has 0 aromatic heterocycles. The smallest absolute Gasteiger partial charge is 0.0175 e. The normalized spacial score (nSPS) is 30.3. The molecular formula is C14H20BrN. The van der Waals surface area contributed by atoms with Crippen molar-refractivity contribution < 1.29 is 0 Å². The third-order valence-corrected chi connectivity index (χ3v) is 4.56. The van der Waals surface area contributed by atoms with E-state index in [0.717, 1.165) is 19.0 Å². The lowest BCUT2D eigenvalue weighted by Gasteiger charge is -2.40. The molecule has 0 amide bonds. The molecule has 1 nitrogen and oxygen atoms in total. The first-order chi connectivity index (χ1) is 7.60. The highest BCUT2D eigenvalue weighted by atomic mass is 79.9. The van der Waals surface area contributed by atoms with Crippen LogP contribution >= 0.6 is 15.9 Å². The molecule has 2 unspecified atom stereocenters. The van der Waals surface area contributed by atoms with Gasteiger partial charge >= 0.3 is 0 Å². The van der Waals surface area contributed by atoms with Gasteiger partial charge in [-0.3, -0.25) is 0 Å². The predicted molar refractivity (Wildman–Crippen MR) is 72.6 cm³/mol. The Morgan fingerprint density at radius 3 is 2.69 bits per heavy atom. The van der Waals surface area contributed by atoms with Gasteiger partial charge in [-0.15, -0.1) is 0 Å². The molecule has 1 aliphatic heterocycles. The maximum Gasteiger partial charge on any atom is 0.0175 e. The van der Waals surface area contributed by atoms with Crippen LogP contribution in [-0.2, 0) is 6.42 Å². The quantitative estimate of drug-likeness (QED) is 0.873. The summed E-state index contributed by atoms with van der Waals surface area (Å²) in [4.78, 5) is 0. The van der Waals surface area contributed by atoms with Gasteiger partial charge in [0.15, 0.2) is 0 Å². The van der Waals surface area contributed by atoms with Gasteiger partial charge in [0.2, 0.25) is 0 Å². The minimum atomic E-state index is 0.457. The van der Waals surface area contributed by atoms with Gasteiger partial charge in [0.05, 0.1) is 0 Å². The number of rotatable bonds is 2. The Morgan fingerprint density at radius 1 is 1.38 bits per heavy atom. The van der Waals surface area contributed by atoms with Crippen LogP contribution in [0.25, 0.3) is 0 Å². The molecule has 0 bridgehead atoms. The first-order valence-electron chi connectivity index (χ1n) is 6.05. The highest BCUT2D eigenvalue weighted by Crippen LogP contribution is 2.36. The van der Waals surface area contributed by atoms with Gasteiger partial charge in [0, 0.05) is 4.47 Å². The fourth-order valence-electron chi connectivity index (χ4n) is 2.52. The molecule has 1 aliphatic rings. The molecule has 1 N–H and O–H groups in total. The van der Waals surface area contributed by atoms with E-state index in [1.54, 1.807) is 0 Å². The van der Waals surface area contributed by atoms with Crippen LogP contribution in [0.2, 0.25) is 0 Å². The highest BCUT2D eigenvalue weighted by Gasteiger charge is 2.33. The van der Waals surface area contributed by atoms with Gasteiger partial charge in [-0.1, -0.05) is 41.9 Å². The van der Waals surface area contributed by atoms with Gasteiger partial charge in [-0.25, -0.2) is 0 Å². The monoisotopic (exact) mass is 281 g/mol. The Bertz CT molecular complexity index is 346. The fourth-order valence-corrected chi connectivity index (χ4v) is 2.78. The van der Waals surface area contributed by atoms with Crippen LogP contribution < -0.4 is 5.32 Å². The first-order valence-corrected chi connectivity index (χ1v) is 6.85. The van der Waals surface area contributed by atoms with Crippen LogP contribution in [-0.4, -0.2) is 13.1 Å². The number of hydrogen-bond donors (Lipinski definition) is 1. The van der Waals surface area contributed by atoms with Crippen molar-refractivity contribution in [3.63, 3.8) is 0 Å². The Morgan fingerprint density at radius 2 is 2.06 bits per heavy atom. The van der Waals surface area contributed by atoms with Crippen molar-refractivity contribution in [1.29, 1.82) is 0 Å². The molecule has 2 heteroatoms. The summed E-state index contributed by atoms with van der Waals surface area (Å²) in [6.45, 7) is 7.12. The molecule has 0 radical (unpaired) electrons. The molecule has 2 rings (SSSR count). The number of hydrogen-bond acceptors (Lipinski definition) is 1. The SMILES string of the molecule is CC1CNCCC1(C)Cc1ccc(Br)cc1. The van der Waals surface area contributed by atoms with E-state index < -0.39 is 0 Å². The van der Waals surface area contributed by atoms with Crippen LogP contribution in [0.5, 0.6) is 0 Å². The minimum absolute atomic E-state index is 0.457.